The summed E-state index contributed by atoms with van der Waals surface area (Å²) in [6, 6.07) is 12.7. The van der Waals surface area contributed by atoms with Crippen LogP contribution in [0.15, 0.2) is 53.7 Å². The number of carbonyl (C=O) groups excluding carboxylic acids is 1. The van der Waals surface area contributed by atoms with Crippen molar-refractivity contribution in [2.45, 2.75) is 6.61 Å². The zero-order valence-electron chi connectivity index (χ0n) is 12.3. The van der Waals surface area contributed by atoms with Crippen LogP contribution >= 0.6 is 11.6 Å². The quantitative estimate of drug-likeness (QED) is 0.605. The Morgan fingerprint density at radius 2 is 2.04 bits per heavy atom. The van der Waals surface area contributed by atoms with Gasteiger partial charge in [-0.3, -0.25) is 4.79 Å². The molecular formula is C16H13ClF2N2O3. The first-order chi connectivity index (χ1) is 11.5. The van der Waals surface area contributed by atoms with Crippen LogP contribution in [-0.2, 0) is 9.63 Å². The van der Waals surface area contributed by atoms with E-state index in [4.69, 9.17) is 16.4 Å². The van der Waals surface area contributed by atoms with Crippen molar-refractivity contribution >= 4 is 29.4 Å². The van der Waals surface area contributed by atoms with Gasteiger partial charge in [-0.1, -0.05) is 35.0 Å². The molecule has 0 aliphatic heterocycles. The summed E-state index contributed by atoms with van der Waals surface area (Å²) in [6.45, 7) is -3.29. The Morgan fingerprint density at radius 1 is 1.25 bits per heavy atom. The number of benzene rings is 2. The summed E-state index contributed by atoms with van der Waals surface area (Å²) < 4.78 is 28.9. The van der Waals surface area contributed by atoms with Gasteiger partial charge in [0.25, 0.3) is 5.91 Å². The molecule has 0 aliphatic rings. The SMILES string of the molecule is O=C(CO/N=C\c1ccccc1OC(F)F)Nc1cccc(Cl)c1. The molecule has 0 unspecified atom stereocenters. The zero-order chi connectivity index (χ0) is 17.4. The van der Waals surface area contributed by atoms with E-state index >= 15 is 0 Å². The monoisotopic (exact) mass is 354 g/mol. The first-order valence-corrected chi connectivity index (χ1v) is 7.17. The van der Waals surface area contributed by atoms with Gasteiger partial charge in [-0.25, -0.2) is 0 Å². The Morgan fingerprint density at radius 3 is 2.79 bits per heavy atom. The third-order valence-electron chi connectivity index (χ3n) is 2.71. The van der Waals surface area contributed by atoms with Crippen LogP contribution in [0, 0.1) is 0 Å². The van der Waals surface area contributed by atoms with Gasteiger partial charge in [0, 0.05) is 16.3 Å². The molecule has 126 valence electrons. The Labute approximate surface area is 141 Å². The number of carbonyl (C=O) groups is 1. The van der Waals surface area contributed by atoms with Crippen molar-refractivity contribution < 1.29 is 23.1 Å². The smallest absolute Gasteiger partial charge is 0.387 e. The van der Waals surface area contributed by atoms with Crippen molar-refractivity contribution in [2.75, 3.05) is 11.9 Å². The van der Waals surface area contributed by atoms with E-state index < -0.39 is 12.5 Å². The van der Waals surface area contributed by atoms with E-state index in [2.05, 4.69) is 15.2 Å². The van der Waals surface area contributed by atoms with E-state index in [1.807, 2.05) is 0 Å². The molecule has 0 bridgehead atoms. The lowest BCUT2D eigenvalue weighted by Gasteiger charge is -2.07. The fourth-order valence-electron chi connectivity index (χ4n) is 1.74. The van der Waals surface area contributed by atoms with E-state index in [0.717, 1.165) is 0 Å². The summed E-state index contributed by atoms with van der Waals surface area (Å²) >= 11 is 5.80. The molecular weight excluding hydrogens is 342 g/mol. The highest BCUT2D eigenvalue weighted by atomic mass is 35.5. The summed E-state index contributed by atoms with van der Waals surface area (Å²) in [4.78, 5) is 16.5. The van der Waals surface area contributed by atoms with Crippen molar-refractivity contribution in [3.8, 4) is 5.75 Å². The number of nitrogens with zero attached hydrogens (tertiary/aromatic N) is 1. The fourth-order valence-corrected chi connectivity index (χ4v) is 1.93. The molecule has 0 fully saturated rings. The number of para-hydroxylation sites is 1. The molecule has 1 amide bonds. The van der Waals surface area contributed by atoms with Crippen LogP contribution in [0.5, 0.6) is 5.75 Å². The molecule has 0 radical (unpaired) electrons. The summed E-state index contributed by atoms with van der Waals surface area (Å²) in [6.07, 6.45) is 1.18. The summed E-state index contributed by atoms with van der Waals surface area (Å²) in [5, 5.41) is 6.63. The topological polar surface area (TPSA) is 59.9 Å². The highest BCUT2D eigenvalue weighted by Crippen LogP contribution is 2.18. The summed E-state index contributed by atoms with van der Waals surface area (Å²) in [5.74, 6) is -0.477. The second kappa shape index (κ2) is 8.83. The number of halogens is 3. The van der Waals surface area contributed by atoms with Gasteiger partial charge in [-0.15, -0.1) is 0 Å². The van der Waals surface area contributed by atoms with Crippen LogP contribution in [0.4, 0.5) is 14.5 Å². The number of oxime groups is 1. The van der Waals surface area contributed by atoms with Gasteiger partial charge < -0.3 is 14.9 Å². The number of anilines is 1. The second-order valence-electron chi connectivity index (χ2n) is 4.48. The molecule has 2 aromatic carbocycles. The molecule has 2 rings (SSSR count). The summed E-state index contributed by atoms with van der Waals surface area (Å²) in [5.41, 5.74) is 0.823. The first kappa shape index (κ1) is 17.7. The van der Waals surface area contributed by atoms with Gasteiger partial charge >= 0.3 is 6.61 Å². The zero-order valence-corrected chi connectivity index (χ0v) is 13.0. The Kier molecular flexibility index (Phi) is 6.51. The van der Waals surface area contributed by atoms with Crippen molar-refractivity contribution in [1.82, 2.24) is 0 Å². The number of alkyl halides is 2. The fraction of sp³-hybridized carbons (Fsp3) is 0.125. The van der Waals surface area contributed by atoms with Gasteiger partial charge in [0.05, 0.1) is 6.21 Å². The summed E-state index contributed by atoms with van der Waals surface area (Å²) in [7, 11) is 0. The number of ether oxygens (including phenoxy) is 1. The maximum absolute atomic E-state index is 12.3. The minimum atomic E-state index is -2.94. The first-order valence-electron chi connectivity index (χ1n) is 6.79. The normalized spacial score (nSPS) is 10.8. The van der Waals surface area contributed by atoms with Crippen LogP contribution in [-0.4, -0.2) is 25.3 Å². The van der Waals surface area contributed by atoms with Crippen LogP contribution in [0.3, 0.4) is 0 Å². The second-order valence-corrected chi connectivity index (χ2v) is 4.92. The van der Waals surface area contributed by atoms with Crippen molar-refractivity contribution in [3.05, 3.63) is 59.1 Å². The van der Waals surface area contributed by atoms with Crippen molar-refractivity contribution in [1.29, 1.82) is 0 Å². The minimum Gasteiger partial charge on any atom is -0.434 e. The lowest BCUT2D eigenvalue weighted by Crippen LogP contribution is -2.16. The number of amides is 1. The Bertz CT molecular complexity index is 726. The van der Waals surface area contributed by atoms with Gasteiger partial charge in [0.2, 0.25) is 0 Å². The lowest BCUT2D eigenvalue weighted by atomic mass is 10.2. The van der Waals surface area contributed by atoms with Crippen molar-refractivity contribution in [2.24, 2.45) is 5.16 Å². The van der Waals surface area contributed by atoms with Gasteiger partial charge in [0.15, 0.2) is 6.61 Å². The van der Waals surface area contributed by atoms with E-state index in [0.29, 0.717) is 16.3 Å². The maximum atomic E-state index is 12.3. The minimum absolute atomic E-state index is 0.0387. The number of hydrogen-bond acceptors (Lipinski definition) is 4. The van der Waals surface area contributed by atoms with Crippen molar-refractivity contribution in [3.63, 3.8) is 0 Å². The van der Waals surface area contributed by atoms with Crippen LogP contribution in [0.2, 0.25) is 5.02 Å². The third kappa shape index (κ3) is 5.85. The largest absolute Gasteiger partial charge is 0.434 e. The van der Waals surface area contributed by atoms with Gasteiger partial charge in [-0.05, 0) is 30.3 Å². The molecule has 0 heterocycles. The molecule has 5 nitrogen and oxygen atoms in total. The van der Waals surface area contributed by atoms with Gasteiger partial charge in [0.1, 0.15) is 5.75 Å². The van der Waals surface area contributed by atoms with Crippen LogP contribution in [0.25, 0.3) is 0 Å². The Balaban J connectivity index is 1.85. The highest BCUT2D eigenvalue weighted by molar-refractivity contribution is 6.30. The van der Waals surface area contributed by atoms with E-state index in [-0.39, 0.29) is 12.4 Å². The number of nitrogens with one attached hydrogen (secondary N) is 1. The predicted molar refractivity (Wildman–Crippen MR) is 86.7 cm³/mol. The number of rotatable bonds is 7. The number of hydrogen-bond donors (Lipinski definition) is 1. The highest BCUT2D eigenvalue weighted by Gasteiger charge is 2.08. The molecule has 0 atom stereocenters. The molecule has 24 heavy (non-hydrogen) atoms. The molecule has 0 saturated heterocycles. The standard InChI is InChI=1S/C16H13ClF2N2O3/c17-12-5-3-6-13(8-12)21-15(22)10-23-20-9-11-4-1-2-7-14(11)24-16(18)19/h1-9,16H,10H2,(H,21,22)/b20-9-. The molecule has 8 heteroatoms. The van der Waals surface area contributed by atoms with E-state index in [1.54, 1.807) is 36.4 Å². The molecule has 0 aliphatic carbocycles. The molecule has 0 spiro atoms. The average molecular weight is 355 g/mol. The predicted octanol–water partition coefficient (Wildman–Crippen LogP) is 3.93. The lowest BCUT2D eigenvalue weighted by molar-refractivity contribution is -0.120. The maximum Gasteiger partial charge on any atom is 0.387 e. The Hall–Kier alpha value is -2.67. The molecule has 1 N–H and O–H groups in total. The molecule has 2 aromatic rings. The van der Waals surface area contributed by atoms with Crippen LogP contribution < -0.4 is 10.1 Å². The third-order valence-corrected chi connectivity index (χ3v) is 2.94. The molecule has 0 saturated carbocycles. The van der Waals surface area contributed by atoms with Gasteiger partial charge in [-0.2, -0.15) is 8.78 Å². The van der Waals surface area contributed by atoms with Crippen LogP contribution in [0.1, 0.15) is 5.56 Å². The molecule has 0 aromatic heterocycles. The van der Waals surface area contributed by atoms with E-state index in [1.165, 1.54) is 18.3 Å². The van der Waals surface area contributed by atoms with E-state index in [9.17, 15) is 13.6 Å². The average Bonchev–Trinajstić information content (AvgIpc) is 2.52.